The lowest BCUT2D eigenvalue weighted by molar-refractivity contribution is -0.112. The highest BCUT2D eigenvalue weighted by Crippen LogP contribution is 2.02. The molecule has 0 spiro atoms. The first-order valence-corrected chi connectivity index (χ1v) is 3.30. The first kappa shape index (κ1) is 7.72. The van der Waals surface area contributed by atoms with Gasteiger partial charge in [-0.1, -0.05) is 5.16 Å². The lowest BCUT2D eigenvalue weighted by Crippen LogP contribution is -1.79. The molecule has 0 bridgehead atoms. The SMILES string of the molecule is CC(=O)/C=C/c1cc(C)on1. The number of rotatable bonds is 2. The number of allylic oxidation sites excluding steroid dienone is 1. The number of nitrogens with zero attached hydrogens (tertiary/aromatic N) is 1. The van der Waals surface area contributed by atoms with E-state index in [1.165, 1.54) is 13.0 Å². The molecule has 0 aromatic carbocycles. The highest BCUT2D eigenvalue weighted by molar-refractivity contribution is 5.91. The average Bonchev–Trinajstić information content (AvgIpc) is 2.31. The molecule has 0 amide bonds. The maximum Gasteiger partial charge on any atom is 0.152 e. The molecule has 0 unspecified atom stereocenters. The molecule has 1 heterocycles. The van der Waals surface area contributed by atoms with Crippen molar-refractivity contribution in [3.8, 4) is 0 Å². The first-order chi connectivity index (χ1) is 5.18. The van der Waals surface area contributed by atoms with Crippen LogP contribution in [-0.4, -0.2) is 10.9 Å². The van der Waals surface area contributed by atoms with Gasteiger partial charge in [0.2, 0.25) is 0 Å². The summed E-state index contributed by atoms with van der Waals surface area (Å²) in [5.41, 5.74) is 0.678. The summed E-state index contributed by atoms with van der Waals surface area (Å²) >= 11 is 0. The maximum atomic E-state index is 10.5. The number of carbonyl (C=O) groups is 1. The molecule has 0 aliphatic heterocycles. The Labute approximate surface area is 64.7 Å². The summed E-state index contributed by atoms with van der Waals surface area (Å²) in [4.78, 5) is 10.5. The van der Waals surface area contributed by atoms with Crippen LogP contribution in [0.2, 0.25) is 0 Å². The van der Waals surface area contributed by atoms with Gasteiger partial charge in [-0.3, -0.25) is 4.79 Å². The van der Waals surface area contributed by atoms with E-state index in [1.807, 2.05) is 0 Å². The van der Waals surface area contributed by atoms with E-state index in [2.05, 4.69) is 5.16 Å². The molecule has 0 aliphatic rings. The van der Waals surface area contributed by atoms with Gasteiger partial charge in [0.1, 0.15) is 11.5 Å². The number of hydrogen-bond donors (Lipinski definition) is 0. The van der Waals surface area contributed by atoms with Crippen LogP contribution < -0.4 is 0 Å². The third-order valence-corrected chi connectivity index (χ3v) is 1.13. The van der Waals surface area contributed by atoms with Gasteiger partial charge in [-0.25, -0.2) is 0 Å². The molecule has 0 atom stereocenters. The predicted molar refractivity (Wildman–Crippen MR) is 41.0 cm³/mol. The molecule has 0 fully saturated rings. The second-order valence-electron chi connectivity index (χ2n) is 2.31. The summed E-state index contributed by atoms with van der Waals surface area (Å²) in [6.07, 6.45) is 3.08. The van der Waals surface area contributed by atoms with Crippen molar-refractivity contribution in [1.82, 2.24) is 5.16 Å². The molecule has 0 saturated heterocycles. The monoisotopic (exact) mass is 151 g/mol. The van der Waals surface area contributed by atoms with Gasteiger partial charge in [0.15, 0.2) is 5.78 Å². The molecule has 0 aliphatic carbocycles. The highest BCUT2D eigenvalue weighted by Gasteiger charge is 1.94. The van der Waals surface area contributed by atoms with Gasteiger partial charge >= 0.3 is 0 Å². The fourth-order valence-corrected chi connectivity index (χ4v) is 0.667. The van der Waals surface area contributed by atoms with Crippen LogP contribution in [-0.2, 0) is 4.79 Å². The van der Waals surface area contributed by atoms with Gasteiger partial charge in [0.25, 0.3) is 0 Å². The Morgan fingerprint density at radius 2 is 2.45 bits per heavy atom. The minimum atomic E-state index is 0.00523. The quantitative estimate of drug-likeness (QED) is 0.603. The molecule has 3 nitrogen and oxygen atoms in total. The third kappa shape index (κ3) is 2.37. The second-order valence-corrected chi connectivity index (χ2v) is 2.31. The van der Waals surface area contributed by atoms with Crippen LogP contribution in [0.3, 0.4) is 0 Å². The molecular weight excluding hydrogens is 142 g/mol. The van der Waals surface area contributed by atoms with Crippen LogP contribution in [0.25, 0.3) is 6.08 Å². The van der Waals surface area contributed by atoms with Gasteiger partial charge in [-0.15, -0.1) is 0 Å². The number of carbonyl (C=O) groups excluding carboxylic acids is 1. The standard InChI is InChI=1S/C8H9NO2/c1-6(10)3-4-8-5-7(2)11-9-8/h3-5H,1-2H3/b4-3+. The Hall–Kier alpha value is -1.38. The molecule has 3 heteroatoms. The zero-order valence-corrected chi connectivity index (χ0v) is 6.50. The van der Waals surface area contributed by atoms with Gasteiger partial charge < -0.3 is 4.52 Å². The Bertz CT molecular complexity index is 286. The lowest BCUT2D eigenvalue weighted by atomic mass is 10.3. The van der Waals surface area contributed by atoms with Gasteiger partial charge in [0, 0.05) is 6.07 Å². The van der Waals surface area contributed by atoms with Crippen LogP contribution in [0.1, 0.15) is 18.4 Å². The molecule has 11 heavy (non-hydrogen) atoms. The van der Waals surface area contributed by atoms with Gasteiger partial charge in [0.05, 0.1) is 0 Å². The van der Waals surface area contributed by atoms with E-state index in [-0.39, 0.29) is 5.78 Å². The summed E-state index contributed by atoms with van der Waals surface area (Å²) in [7, 11) is 0. The van der Waals surface area contributed by atoms with E-state index < -0.39 is 0 Å². The Morgan fingerprint density at radius 3 is 2.91 bits per heavy atom. The Kier molecular flexibility index (Phi) is 2.21. The average molecular weight is 151 g/mol. The van der Waals surface area contributed by atoms with Crippen LogP contribution in [0.5, 0.6) is 0 Å². The van der Waals surface area contributed by atoms with Crippen molar-refractivity contribution < 1.29 is 9.32 Å². The minimum absolute atomic E-state index is 0.00523. The summed E-state index contributed by atoms with van der Waals surface area (Å²) < 4.78 is 4.78. The normalized spacial score (nSPS) is 10.7. The van der Waals surface area contributed by atoms with E-state index in [1.54, 1.807) is 19.1 Å². The largest absolute Gasteiger partial charge is 0.361 e. The molecule has 0 radical (unpaired) electrons. The molecule has 1 aromatic rings. The van der Waals surface area contributed by atoms with Gasteiger partial charge in [-0.2, -0.15) is 0 Å². The van der Waals surface area contributed by atoms with E-state index in [4.69, 9.17) is 4.52 Å². The number of aromatic nitrogens is 1. The van der Waals surface area contributed by atoms with Gasteiger partial charge in [-0.05, 0) is 26.0 Å². The van der Waals surface area contributed by atoms with Crippen LogP contribution in [0, 0.1) is 6.92 Å². The summed E-state index contributed by atoms with van der Waals surface area (Å²) in [6, 6.07) is 1.76. The molecule has 0 N–H and O–H groups in total. The van der Waals surface area contributed by atoms with Crippen molar-refractivity contribution in [2.45, 2.75) is 13.8 Å². The van der Waals surface area contributed by atoms with Crippen molar-refractivity contribution >= 4 is 11.9 Å². The van der Waals surface area contributed by atoms with E-state index in [0.29, 0.717) is 5.69 Å². The van der Waals surface area contributed by atoms with Crippen LogP contribution >= 0.6 is 0 Å². The van der Waals surface area contributed by atoms with Crippen molar-refractivity contribution in [3.63, 3.8) is 0 Å². The zero-order chi connectivity index (χ0) is 8.27. The van der Waals surface area contributed by atoms with Crippen LogP contribution in [0.15, 0.2) is 16.7 Å². The number of aryl methyl sites for hydroxylation is 1. The Morgan fingerprint density at radius 1 is 1.73 bits per heavy atom. The van der Waals surface area contributed by atoms with Crippen LogP contribution in [0.4, 0.5) is 0 Å². The zero-order valence-electron chi connectivity index (χ0n) is 6.50. The topological polar surface area (TPSA) is 43.1 Å². The Balaban J connectivity index is 2.71. The van der Waals surface area contributed by atoms with Crippen molar-refractivity contribution in [1.29, 1.82) is 0 Å². The maximum absolute atomic E-state index is 10.5. The molecule has 1 rings (SSSR count). The molecular formula is C8H9NO2. The minimum Gasteiger partial charge on any atom is -0.361 e. The van der Waals surface area contributed by atoms with E-state index in [0.717, 1.165) is 5.76 Å². The summed E-state index contributed by atoms with van der Waals surface area (Å²) in [5, 5.41) is 3.67. The van der Waals surface area contributed by atoms with Crippen molar-refractivity contribution in [3.05, 3.63) is 23.6 Å². The van der Waals surface area contributed by atoms with Crippen molar-refractivity contribution in [2.24, 2.45) is 0 Å². The first-order valence-electron chi connectivity index (χ1n) is 3.30. The summed E-state index contributed by atoms with van der Waals surface area (Å²) in [5.74, 6) is 0.749. The predicted octanol–water partition coefficient (Wildman–Crippen LogP) is 1.59. The molecule has 58 valence electrons. The fourth-order valence-electron chi connectivity index (χ4n) is 0.667. The lowest BCUT2D eigenvalue weighted by Gasteiger charge is -1.76. The number of hydrogen-bond acceptors (Lipinski definition) is 3. The highest BCUT2D eigenvalue weighted by atomic mass is 16.5. The smallest absolute Gasteiger partial charge is 0.152 e. The number of ketones is 1. The molecule has 1 aromatic heterocycles. The third-order valence-electron chi connectivity index (χ3n) is 1.13. The van der Waals surface area contributed by atoms with E-state index >= 15 is 0 Å². The van der Waals surface area contributed by atoms with Crippen molar-refractivity contribution in [2.75, 3.05) is 0 Å². The van der Waals surface area contributed by atoms with E-state index in [9.17, 15) is 4.79 Å². The summed E-state index contributed by atoms with van der Waals surface area (Å²) in [6.45, 7) is 3.29. The fraction of sp³-hybridized carbons (Fsp3) is 0.250. The second kappa shape index (κ2) is 3.14. The molecule has 0 saturated carbocycles.